The molecule has 0 spiro atoms. The van der Waals surface area contributed by atoms with Crippen LogP contribution in [0.15, 0.2) is 30.6 Å². The molecule has 0 unspecified atom stereocenters. The molecule has 0 aliphatic heterocycles. The third kappa shape index (κ3) is 3.07. The van der Waals surface area contributed by atoms with Crippen LogP contribution in [0.2, 0.25) is 0 Å². The Bertz CT molecular complexity index is 509. The van der Waals surface area contributed by atoms with Crippen molar-refractivity contribution in [3.63, 3.8) is 0 Å². The van der Waals surface area contributed by atoms with Gasteiger partial charge >= 0.3 is 0 Å². The van der Waals surface area contributed by atoms with Gasteiger partial charge in [0.1, 0.15) is 5.69 Å². The van der Waals surface area contributed by atoms with Gasteiger partial charge in [-0.3, -0.25) is 14.9 Å². The topological polar surface area (TPSA) is 82.7 Å². The van der Waals surface area contributed by atoms with E-state index in [1.807, 2.05) is 19.1 Å². The predicted molar refractivity (Wildman–Crippen MR) is 68.2 cm³/mol. The van der Waals surface area contributed by atoms with E-state index in [2.05, 4.69) is 25.8 Å². The summed E-state index contributed by atoms with van der Waals surface area (Å²) in [6, 6.07) is 5.43. The van der Waals surface area contributed by atoms with Crippen LogP contribution in [0.3, 0.4) is 0 Å². The molecule has 0 atom stereocenters. The summed E-state index contributed by atoms with van der Waals surface area (Å²) >= 11 is 0. The van der Waals surface area contributed by atoms with E-state index in [0.29, 0.717) is 18.8 Å². The summed E-state index contributed by atoms with van der Waals surface area (Å²) in [5.74, 6) is -0.164. The summed E-state index contributed by atoms with van der Waals surface area (Å²) < 4.78 is 0. The third-order valence-corrected chi connectivity index (χ3v) is 2.37. The lowest BCUT2D eigenvalue weighted by molar-refractivity contribution is 0.0951. The van der Waals surface area contributed by atoms with E-state index in [1.165, 1.54) is 0 Å². The van der Waals surface area contributed by atoms with Crippen LogP contribution < -0.4 is 10.6 Å². The normalized spacial score (nSPS) is 10.1. The second kappa shape index (κ2) is 5.81. The highest BCUT2D eigenvalue weighted by Gasteiger charge is 2.06. The molecule has 0 saturated carbocycles. The lowest BCUT2D eigenvalue weighted by Crippen LogP contribution is -2.23. The zero-order chi connectivity index (χ0) is 12.8. The molecule has 2 aromatic rings. The maximum absolute atomic E-state index is 11.6. The Kier molecular flexibility index (Phi) is 3.90. The number of amides is 1. The first-order chi connectivity index (χ1) is 8.79. The number of nitrogens with zero attached hydrogens (tertiary/aromatic N) is 2. The van der Waals surface area contributed by atoms with Gasteiger partial charge in [0.15, 0.2) is 0 Å². The van der Waals surface area contributed by atoms with Gasteiger partial charge < -0.3 is 10.6 Å². The van der Waals surface area contributed by atoms with Crippen LogP contribution in [0, 0.1) is 0 Å². The van der Waals surface area contributed by atoms with Crippen LogP contribution in [0.25, 0.3) is 0 Å². The SMILES string of the molecule is CCNC(=O)c1cc(NCc2ccn[nH]2)ccn1. The average molecular weight is 245 g/mol. The van der Waals surface area contributed by atoms with Crippen LogP contribution in [-0.2, 0) is 6.54 Å². The summed E-state index contributed by atoms with van der Waals surface area (Å²) in [5, 5.41) is 12.6. The van der Waals surface area contributed by atoms with Gasteiger partial charge in [-0.25, -0.2) is 0 Å². The average Bonchev–Trinajstić information content (AvgIpc) is 2.90. The third-order valence-electron chi connectivity index (χ3n) is 2.37. The monoisotopic (exact) mass is 245 g/mol. The Labute approximate surface area is 105 Å². The fourth-order valence-corrected chi connectivity index (χ4v) is 1.50. The number of anilines is 1. The van der Waals surface area contributed by atoms with Crippen molar-refractivity contribution in [3.8, 4) is 0 Å². The van der Waals surface area contributed by atoms with Gasteiger partial charge in [0.05, 0.1) is 12.2 Å². The fraction of sp³-hybridized carbons (Fsp3) is 0.250. The van der Waals surface area contributed by atoms with Gasteiger partial charge in [0, 0.05) is 24.6 Å². The van der Waals surface area contributed by atoms with Crippen molar-refractivity contribution in [2.45, 2.75) is 13.5 Å². The molecule has 2 heterocycles. The maximum Gasteiger partial charge on any atom is 0.269 e. The minimum atomic E-state index is -0.164. The summed E-state index contributed by atoms with van der Waals surface area (Å²) in [7, 11) is 0. The van der Waals surface area contributed by atoms with Crippen LogP contribution in [0.5, 0.6) is 0 Å². The molecule has 0 saturated heterocycles. The molecule has 6 nitrogen and oxygen atoms in total. The summed E-state index contributed by atoms with van der Waals surface area (Å²) in [6.45, 7) is 3.09. The molecule has 0 aromatic carbocycles. The minimum absolute atomic E-state index is 0.164. The largest absolute Gasteiger partial charge is 0.379 e. The highest BCUT2D eigenvalue weighted by atomic mass is 16.1. The zero-order valence-electron chi connectivity index (χ0n) is 10.1. The Morgan fingerprint density at radius 3 is 3.00 bits per heavy atom. The number of carbonyl (C=O) groups excluding carboxylic acids is 1. The van der Waals surface area contributed by atoms with Crippen molar-refractivity contribution in [3.05, 3.63) is 42.0 Å². The highest BCUT2D eigenvalue weighted by molar-refractivity contribution is 5.93. The van der Waals surface area contributed by atoms with Gasteiger partial charge in [0.2, 0.25) is 0 Å². The smallest absolute Gasteiger partial charge is 0.269 e. The van der Waals surface area contributed by atoms with E-state index in [-0.39, 0.29) is 5.91 Å². The molecule has 6 heteroatoms. The number of aromatic nitrogens is 3. The van der Waals surface area contributed by atoms with Crippen LogP contribution in [0.1, 0.15) is 23.1 Å². The van der Waals surface area contributed by atoms with Crippen molar-refractivity contribution >= 4 is 11.6 Å². The molecular weight excluding hydrogens is 230 g/mol. The van der Waals surface area contributed by atoms with Crippen molar-refractivity contribution in [2.24, 2.45) is 0 Å². The molecule has 3 N–H and O–H groups in total. The van der Waals surface area contributed by atoms with Crippen LogP contribution >= 0.6 is 0 Å². The van der Waals surface area contributed by atoms with Gasteiger partial charge in [-0.2, -0.15) is 5.10 Å². The summed E-state index contributed by atoms with van der Waals surface area (Å²) in [4.78, 5) is 15.6. The maximum atomic E-state index is 11.6. The molecule has 1 amide bonds. The number of pyridine rings is 1. The molecule has 0 fully saturated rings. The quantitative estimate of drug-likeness (QED) is 0.738. The van der Waals surface area contributed by atoms with E-state index >= 15 is 0 Å². The first kappa shape index (κ1) is 12.1. The highest BCUT2D eigenvalue weighted by Crippen LogP contribution is 2.09. The second-order valence-corrected chi connectivity index (χ2v) is 3.72. The Morgan fingerprint density at radius 2 is 2.28 bits per heavy atom. The van der Waals surface area contributed by atoms with Gasteiger partial charge in [0.25, 0.3) is 5.91 Å². The lowest BCUT2D eigenvalue weighted by atomic mass is 10.3. The standard InChI is InChI=1S/C12H15N5O/c1-2-13-12(18)11-7-9(3-5-14-11)15-8-10-4-6-16-17-10/h3-7H,2,8H2,1H3,(H,13,18)(H,14,15)(H,16,17). The fourth-order valence-electron chi connectivity index (χ4n) is 1.50. The van der Waals surface area contributed by atoms with Gasteiger partial charge in [-0.1, -0.05) is 0 Å². The number of rotatable bonds is 5. The molecule has 0 aliphatic carbocycles. The number of H-pyrrole nitrogens is 1. The Balaban J connectivity index is 2.01. The van der Waals surface area contributed by atoms with Crippen LogP contribution in [0.4, 0.5) is 5.69 Å². The van der Waals surface area contributed by atoms with Crippen molar-refractivity contribution in [1.82, 2.24) is 20.5 Å². The van der Waals surface area contributed by atoms with E-state index in [4.69, 9.17) is 0 Å². The second-order valence-electron chi connectivity index (χ2n) is 3.72. The zero-order valence-corrected chi connectivity index (χ0v) is 10.1. The molecule has 2 aromatic heterocycles. The van der Waals surface area contributed by atoms with Gasteiger partial charge in [-0.15, -0.1) is 0 Å². The predicted octanol–water partition coefficient (Wildman–Crippen LogP) is 1.17. The Hall–Kier alpha value is -2.37. The molecule has 2 rings (SSSR count). The number of hydrogen-bond donors (Lipinski definition) is 3. The lowest BCUT2D eigenvalue weighted by Gasteiger charge is -2.06. The molecule has 0 bridgehead atoms. The molecule has 18 heavy (non-hydrogen) atoms. The van der Waals surface area contributed by atoms with Crippen LogP contribution in [-0.4, -0.2) is 27.6 Å². The van der Waals surface area contributed by atoms with E-state index in [0.717, 1.165) is 11.4 Å². The molecular formula is C12H15N5O. The number of nitrogens with one attached hydrogen (secondary N) is 3. The number of aromatic amines is 1. The first-order valence-electron chi connectivity index (χ1n) is 5.76. The molecule has 94 valence electrons. The Morgan fingerprint density at radius 1 is 1.39 bits per heavy atom. The van der Waals surface area contributed by atoms with Crippen molar-refractivity contribution in [2.75, 3.05) is 11.9 Å². The van der Waals surface area contributed by atoms with Crippen molar-refractivity contribution in [1.29, 1.82) is 0 Å². The summed E-state index contributed by atoms with van der Waals surface area (Å²) in [5.41, 5.74) is 2.23. The number of hydrogen-bond acceptors (Lipinski definition) is 4. The van der Waals surface area contributed by atoms with Crippen molar-refractivity contribution < 1.29 is 4.79 Å². The van der Waals surface area contributed by atoms with E-state index < -0.39 is 0 Å². The number of carbonyl (C=O) groups is 1. The first-order valence-corrected chi connectivity index (χ1v) is 5.76. The van der Waals surface area contributed by atoms with E-state index in [1.54, 1.807) is 18.5 Å². The molecule has 0 aliphatic rings. The van der Waals surface area contributed by atoms with Gasteiger partial charge in [-0.05, 0) is 25.1 Å². The van der Waals surface area contributed by atoms with E-state index in [9.17, 15) is 4.79 Å². The molecule has 0 radical (unpaired) electrons. The summed E-state index contributed by atoms with van der Waals surface area (Å²) in [6.07, 6.45) is 3.31. The minimum Gasteiger partial charge on any atom is -0.379 e.